The predicted octanol–water partition coefficient (Wildman–Crippen LogP) is 10.7. The summed E-state index contributed by atoms with van der Waals surface area (Å²) < 4.78 is 35.0. The van der Waals surface area contributed by atoms with Crippen molar-refractivity contribution < 1.29 is 33.5 Å². The minimum atomic E-state index is -1.21. The van der Waals surface area contributed by atoms with Crippen molar-refractivity contribution in [3.63, 3.8) is 0 Å². The summed E-state index contributed by atoms with van der Waals surface area (Å²) in [5.74, 6) is 2.81. The van der Waals surface area contributed by atoms with Gasteiger partial charge in [-0.1, -0.05) is 146 Å². The lowest BCUT2D eigenvalue weighted by Gasteiger charge is -2.34. The third-order valence-corrected chi connectivity index (χ3v) is 13.4. The van der Waals surface area contributed by atoms with Gasteiger partial charge in [0.25, 0.3) is 0 Å². The highest BCUT2D eigenvalue weighted by molar-refractivity contribution is 5.87. The molecule has 3 unspecified atom stereocenters. The lowest BCUT2D eigenvalue weighted by atomic mass is 9.68. The molecule has 0 spiro atoms. The zero-order chi connectivity index (χ0) is 43.4. The van der Waals surface area contributed by atoms with Crippen molar-refractivity contribution in [1.29, 1.82) is 0 Å². The first-order valence-corrected chi connectivity index (χ1v) is 22.4. The molecule has 7 heteroatoms. The molecule has 12 rings (SSSR count). The average Bonchev–Trinajstić information content (AvgIpc) is 4.32. The van der Waals surface area contributed by atoms with E-state index in [1.54, 1.807) is 0 Å². The maximum absolute atomic E-state index is 11.2. The van der Waals surface area contributed by atoms with Crippen LogP contribution in [0.25, 0.3) is 22.3 Å². The second-order valence-electron chi connectivity index (χ2n) is 17.2. The molecule has 2 aliphatic heterocycles. The number of benzene rings is 8. The number of aliphatic hydroxyl groups excluding tert-OH is 1. The molecular weight excluding hydrogens is 809 g/mol. The Morgan fingerprint density at radius 2 is 0.692 bits per heavy atom. The highest BCUT2D eigenvalue weighted by atomic mass is 16.6. The van der Waals surface area contributed by atoms with Crippen molar-refractivity contribution in [3.8, 4) is 45.3 Å². The lowest BCUT2D eigenvalue weighted by Crippen LogP contribution is -2.29. The fourth-order valence-corrected chi connectivity index (χ4v) is 10.3. The molecule has 0 bridgehead atoms. The molecule has 0 amide bonds. The van der Waals surface area contributed by atoms with E-state index in [9.17, 15) is 5.11 Å². The molecule has 8 aromatic rings. The summed E-state index contributed by atoms with van der Waals surface area (Å²) in [6.07, 6.45) is -0.835. The number of rotatable bonds is 15. The fraction of sp³-hybridized carbons (Fsp3) is 0.172. The average molecular weight is 855 g/mol. The van der Waals surface area contributed by atoms with Crippen LogP contribution in [-0.4, -0.2) is 56.6 Å². The number of hydrogen-bond donors (Lipinski definition) is 1. The first-order valence-electron chi connectivity index (χ1n) is 22.4. The van der Waals surface area contributed by atoms with E-state index in [1.807, 2.05) is 24.3 Å². The highest BCUT2D eigenvalue weighted by Gasteiger charge is 2.47. The zero-order valence-electron chi connectivity index (χ0n) is 35.6. The molecule has 0 radical (unpaired) electrons. The standard InChI is InChI=1S/C58H46O7/c59-56(65-45-31-23-41(24-32-45)58(39-19-27-43(28-20-39)61-34-47-36-63-47)54-15-7-3-11-50(54)51-12-4-8-16-55(51)58)37-64-44-29-21-40(22-30-44)57(38-17-25-42(26-18-38)60-33-46-35-62-46)52-13-5-1-9-48(52)49-10-2-6-14-53(49)57/h1-32,46-47,56,59H,33-37H2. The number of epoxide rings is 2. The van der Waals surface area contributed by atoms with E-state index in [4.69, 9.17) is 28.4 Å². The van der Waals surface area contributed by atoms with Gasteiger partial charge in [-0.05, 0) is 115 Å². The summed E-state index contributed by atoms with van der Waals surface area (Å²) in [4.78, 5) is 0. The van der Waals surface area contributed by atoms with Crippen molar-refractivity contribution in [2.75, 3.05) is 33.0 Å². The van der Waals surface area contributed by atoms with Crippen LogP contribution in [0.3, 0.4) is 0 Å². The summed E-state index contributed by atoms with van der Waals surface area (Å²) >= 11 is 0. The Kier molecular flexibility index (Phi) is 9.78. The van der Waals surface area contributed by atoms with Gasteiger partial charge in [-0.25, -0.2) is 0 Å². The van der Waals surface area contributed by atoms with Crippen LogP contribution < -0.4 is 18.9 Å². The van der Waals surface area contributed by atoms with Gasteiger partial charge < -0.3 is 33.5 Å². The molecule has 0 saturated carbocycles. The van der Waals surface area contributed by atoms with Crippen LogP contribution >= 0.6 is 0 Å². The summed E-state index contributed by atoms with van der Waals surface area (Å²) in [6.45, 7) is 2.56. The van der Waals surface area contributed by atoms with E-state index >= 15 is 0 Å². The molecule has 2 saturated heterocycles. The number of hydrogen-bond acceptors (Lipinski definition) is 7. The monoisotopic (exact) mass is 854 g/mol. The maximum atomic E-state index is 11.2. The Bertz CT molecular complexity index is 2900. The smallest absolute Gasteiger partial charge is 0.231 e. The van der Waals surface area contributed by atoms with Crippen molar-refractivity contribution in [2.24, 2.45) is 0 Å². The van der Waals surface area contributed by atoms with Gasteiger partial charge in [0.1, 0.15) is 48.4 Å². The van der Waals surface area contributed by atoms with Crippen LogP contribution in [0, 0.1) is 0 Å². The third kappa shape index (κ3) is 6.86. The molecular formula is C58H46O7. The summed E-state index contributed by atoms with van der Waals surface area (Å²) in [6, 6.07) is 67.8. The van der Waals surface area contributed by atoms with Crippen LogP contribution in [-0.2, 0) is 20.3 Å². The minimum Gasteiger partial charge on any atom is -0.491 e. The SMILES string of the molecule is OC(COc1ccc(C2(c3ccc(OCC4CO4)cc3)c3ccccc3-c3ccccc32)cc1)Oc1ccc(C2(c3ccc(OCC4CO4)cc3)c3ccccc3-c3ccccc32)cc1. The van der Waals surface area contributed by atoms with E-state index in [-0.39, 0.29) is 18.8 Å². The Labute approximate surface area is 378 Å². The van der Waals surface area contributed by atoms with Crippen molar-refractivity contribution in [1.82, 2.24) is 0 Å². The summed E-state index contributed by atoms with van der Waals surface area (Å²) in [7, 11) is 0. The Hall–Kier alpha value is -7.16. The fourth-order valence-electron chi connectivity index (χ4n) is 10.3. The van der Waals surface area contributed by atoms with Gasteiger partial charge in [0.2, 0.25) is 6.29 Å². The van der Waals surface area contributed by atoms with Gasteiger partial charge in [0.15, 0.2) is 6.61 Å². The first kappa shape index (κ1) is 39.4. The molecule has 3 atom stereocenters. The predicted molar refractivity (Wildman–Crippen MR) is 250 cm³/mol. The van der Waals surface area contributed by atoms with Crippen LogP contribution in [0.1, 0.15) is 44.5 Å². The van der Waals surface area contributed by atoms with Crippen LogP contribution in [0.15, 0.2) is 194 Å². The molecule has 65 heavy (non-hydrogen) atoms. The van der Waals surface area contributed by atoms with Gasteiger partial charge in [-0.15, -0.1) is 0 Å². The molecule has 1 N–H and O–H groups in total. The van der Waals surface area contributed by atoms with Gasteiger partial charge in [-0.3, -0.25) is 0 Å². The number of fused-ring (bicyclic) bond motifs is 6. The van der Waals surface area contributed by atoms with E-state index in [1.165, 1.54) is 44.5 Å². The lowest BCUT2D eigenvalue weighted by molar-refractivity contribution is -0.0478. The summed E-state index contributed by atoms with van der Waals surface area (Å²) in [5, 5.41) is 11.2. The number of ether oxygens (including phenoxy) is 6. The Morgan fingerprint density at radius 1 is 0.400 bits per heavy atom. The normalized spacial score (nSPS) is 18.0. The number of aliphatic hydroxyl groups is 1. The largest absolute Gasteiger partial charge is 0.491 e. The molecule has 320 valence electrons. The van der Waals surface area contributed by atoms with Gasteiger partial charge >= 0.3 is 0 Å². The topological polar surface area (TPSA) is 82.2 Å². The van der Waals surface area contributed by atoms with Crippen molar-refractivity contribution in [3.05, 3.63) is 239 Å². The molecule has 2 fully saturated rings. The van der Waals surface area contributed by atoms with Crippen molar-refractivity contribution in [2.45, 2.75) is 29.3 Å². The minimum absolute atomic E-state index is 0.0583. The molecule has 4 aliphatic rings. The summed E-state index contributed by atoms with van der Waals surface area (Å²) in [5.41, 5.74) is 13.1. The van der Waals surface area contributed by atoms with Gasteiger partial charge in [-0.2, -0.15) is 0 Å². The van der Waals surface area contributed by atoms with Crippen LogP contribution in [0.5, 0.6) is 23.0 Å². The molecule has 2 aliphatic carbocycles. The van der Waals surface area contributed by atoms with Gasteiger partial charge in [0, 0.05) is 0 Å². The van der Waals surface area contributed by atoms with E-state index in [2.05, 4.69) is 170 Å². The van der Waals surface area contributed by atoms with E-state index in [0.717, 1.165) is 47.0 Å². The molecule has 7 nitrogen and oxygen atoms in total. The maximum Gasteiger partial charge on any atom is 0.231 e. The zero-order valence-corrected chi connectivity index (χ0v) is 35.6. The van der Waals surface area contributed by atoms with E-state index in [0.29, 0.717) is 24.7 Å². The molecule has 8 aromatic carbocycles. The Morgan fingerprint density at radius 3 is 1.02 bits per heavy atom. The van der Waals surface area contributed by atoms with E-state index < -0.39 is 17.1 Å². The third-order valence-electron chi connectivity index (χ3n) is 13.4. The Balaban J connectivity index is 0.793. The van der Waals surface area contributed by atoms with Crippen molar-refractivity contribution >= 4 is 0 Å². The molecule has 2 heterocycles. The van der Waals surface area contributed by atoms with Crippen LogP contribution in [0.4, 0.5) is 0 Å². The quantitative estimate of drug-likeness (QED) is 0.0812. The molecule has 0 aromatic heterocycles. The highest BCUT2D eigenvalue weighted by Crippen LogP contribution is 2.58. The van der Waals surface area contributed by atoms with Crippen LogP contribution in [0.2, 0.25) is 0 Å². The van der Waals surface area contributed by atoms with Gasteiger partial charge in [0.05, 0.1) is 24.0 Å². The second kappa shape index (κ2) is 16.1. The second-order valence-corrected chi connectivity index (χ2v) is 17.2. The first-order chi connectivity index (χ1) is 32.1.